The van der Waals surface area contributed by atoms with E-state index in [0.717, 1.165) is 55.8 Å². The number of piperazine rings is 1. The molecule has 1 N–H and O–H groups in total. The van der Waals surface area contributed by atoms with E-state index in [1.54, 1.807) is 17.8 Å². The predicted molar refractivity (Wildman–Crippen MR) is 112 cm³/mol. The quantitative estimate of drug-likeness (QED) is 0.469. The number of hydrogen-bond donors (Lipinski definition) is 1. The molecule has 27 heavy (non-hydrogen) atoms. The number of aromatic nitrogens is 1. The molecule has 0 unspecified atom stereocenters. The number of nitrogens with one attached hydrogen (secondary N) is 1. The Kier molecular flexibility index (Phi) is 7.33. The lowest BCUT2D eigenvalue weighted by molar-refractivity contribution is 0.372. The van der Waals surface area contributed by atoms with E-state index in [1.165, 1.54) is 6.07 Å². The van der Waals surface area contributed by atoms with Gasteiger partial charge in [0.15, 0.2) is 5.96 Å². The molecule has 5 nitrogen and oxygen atoms in total. The van der Waals surface area contributed by atoms with Crippen LogP contribution in [0.4, 0.5) is 10.2 Å². The lowest BCUT2D eigenvalue weighted by atomic mass is 10.2. The van der Waals surface area contributed by atoms with Crippen molar-refractivity contribution >= 4 is 23.5 Å². The van der Waals surface area contributed by atoms with Crippen molar-refractivity contribution in [3.63, 3.8) is 0 Å². The zero-order valence-corrected chi connectivity index (χ0v) is 16.5. The molecule has 3 rings (SSSR count). The van der Waals surface area contributed by atoms with E-state index in [2.05, 4.69) is 31.2 Å². The van der Waals surface area contributed by atoms with Crippen LogP contribution in [-0.4, -0.2) is 61.4 Å². The summed E-state index contributed by atoms with van der Waals surface area (Å²) < 4.78 is 13.6. The Morgan fingerprint density at radius 2 is 1.93 bits per heavy atom. The van der Waals surface area contributed by atoms with Crippen LogP contribution >= 0.6 is 11.8 Å². The molecule has 0 amide bonds. The van der Waals surface area contributed by atoms with Crippen LogP contribution < -0.4 is 10.2 Å². The van der Waals surface area contributed by atoms with Crippen molar-refractivity contribution < 1.29 is 4.39 Å². The Morgan fingerprint density at radius 3 is 2.63 bits per heavy atom. The van der Waals surface area contributed by atoms with Gasteiger partial charge in [0.25, 0.3) is 0 Å². The highest BCUT2D eigenvalue weighted by Crippen LogP contribution is 2.15. The third-order valence-electron chi connectivity index (χ3n) is 4.51. The van der Waals surface area contributed by atoms with Gasteiger partial charge in [-0.2, -0.15) is 11.8 Å². The molecule has 0 spiro atoms. The fourth-order valence-electron chi connectivity index (χ4n) is 3.05. The summed E-state index contributed by atoms with van der Waals surface area (Å²) in [6.45, 7) is 4.50. The summed E-state index contributed by atoms with van der Waals surface area (Å²) in [6, 6.07) is 13.0. The van der Waals surface area contributed by atoms with Crippen molar-refractivity contribution in [3.05, 3.63) is 60.0 Å². The van der Waals surface area contributed by atoms with Gasteiger partial charge in [0.2, 0.25) is 0 Å². The third kappa shape index (κ3) is 5.60. The van der Waals surface area contributed by atoms with Gasteiger partial charge in [0.05, 0.1) is 0 Å². The second-order valence-electron chi connectivity index (χ2n) is 6.28. The number of hydrogen-bond acceptors (Lipinski definition) is 4. The van der Waals surface area contributed by atoms with Crippen LogP contribution in [0, 0.1) is 5.82 Å². The van der Waals surface area contributed by atoms with Crippen molar-refractivity contribution in [2.45, 2.75) is 5.75 Å². The van der Waals surface area contributed by atoms with Gasteiger partial charge in [0.1, 0.15) is 11.6 Å². The van der Waals surface area contributed by atoms with E-state index in [4.69, 9.17) is 0 Å². The van der Waals surface area contributed by atoms with Gasteiger partial charge in [-0.15, -0.1) is 0 Å². The Labute approximate surface area is 164 Å². The smallest absolute Gasteiger partial charge is 0.193 e. The minimum Gasteiger partial charge on any atom is -0.355 e. The number of rotatable bonds is 6. The van der Waals surface area contributed by atoms with E-state index < -0.39 is 0 Å². The summed E-state index contributed by atoms with van der Waals surface area (Å²) >= 11 is 1.72. The molecule has 1 fully saturated rings. The van der Waals surface area contributed by atoms with Gasteiger partial charge < -0.3 is 15.1 Å². The molecule has 144 valence electrons. The van der Waals surface area contributed by atoms with Crippen LogP contribution in [-0.2, 0) is 5.75 Å². The normalized spacial score (nSPS) is 15.1. The van der Waals surface area contributed by atoms with Crippen molar-refractivity contribution in [1.29, 1.82) is 0 Å². The minimum atomic E-state index is -0.125. The second kappa shape index (κ2) is 10.2. The molecule has 1 aliphatic heterocycles. The fraction of sp³-hybridized carbons (Fsp3) is 0.400. The van der Waals surface area contributed by atoms with Crippen LogP contribution in [0.2, 0.25) is 0 Å². The summed E-state index contributed by atoms with van der Waals surface area (Å²) in [5.74, 6) is 3.43. The summed E-state index contributed by atoms with van der Waals surface area (Å²) in [5.41, 5.74) is 0.762. The largest absolute Gasteiger partial charge is 0.355 e. The lowest BCUT2D eigenvalue weighted by Crippen LogP contribution is -2.53. The lowest BCUT2D eigenvalue weighted by Gasteiger charge is -2.37. The number of thioether (sulfide) groups is 1. The highest BCUT2D eigenvalue weighted by Gasteiger charge is 2.20. The standard InChI is InChI=1S/C20H26FN5S/c1-22-20(24-10-15-27-16-17-6-2-3-7-18(17)21)26-13-11-25(12-14-26)19-8-4-5-9-23-19/h2-9H,10-16H2,1H3,(H,22,24). The molecule has 1 saturated heterocycles. The summed E-state index contributed by atoms with van der Waals surface area (Å²) in [6.07, 6.45) is 1.83. The average molecular weight is 388 g/mol. The number of nitrogens with zero attached hydrogens (tertiary/aromatic N) is 4. The third-order valence-corrected chi connectivity index (χ3v) is 5.52. The number of anilines is 1. The molecular weight excluding hydrogens is 361 g/mol. The predicted octanol–water partition coefficient (Wildman–Crippen LogP) is 2.85. The zero-order valence-electron chi connectivity index (χ0n) is 15.6. The molecule has 0 radical (unpaired) electrons. The number of benzene rings is 1. The molecule has 2 aromatic rings. The van der Waals surface area contributed by atoms with Crippen LogP contribution in [0.25, 0.3) is 0 Å². The van der Waals surface area contributed by atoms with Gasteiger partial charge in [-0.1, -0.05) is 24.3 Å². The molecule has 0 bridgehead atoms. The van der Waals surface area contributed by atoms with E-state index in [9.17, 15) is 4.39 Å². The maximum Gasteiger partial charge on any atom is 0.193 e. The SMILES string of the molecule is CN=C(NCCSCc1ccccc1F)N1CCN(c2ccccn2)CC1. The molecule has 0 saturated carbocycles. The Balaban J connectivity index is 1.38. The van der Waals surface area contributed by atoms with Crippen molar-refractivity contribution in [2.75, 3.05) is 50.4 Å². The number of guanidine groups is 1. The topological polar surface area (TPSA) is 43.8 Å². The highest BCUT2D eigenvalue weighted by atomic mass is 32.2. The second-order valence-corrected chi connectivity index (χ2v) is 7.39. The molecule has 2 heterocycles. The fourth-order valence-corrected chi connectivity index (χ4v) is 3.90. The number of halogens is 1. The molecule has 0 aliphatic carbocycles. The first-order valence-corrected chi connectivity index (χ1v) is 10.4. The molecule has 1 aromatic carbocycles. The molecular formula is C20H26FN5S. The monoisotopic (exact) mass is 387 g/mol. The van der Waals surface area contributed by atoms with Crippen molar-refractivity contribution in [3.8, 4) is 0 Å². The average Bonchev–Trinajstić information content (AvgIpc) is 2.73. The Morgan fingerprint density at radius 1 is 1.15 bits per heavy atom. The summed E-state index contributed by atoms with van der Waals surface area (Å²) in [7, 11) is 1.82. The summed E-state index contributed by atoms with van der Waals surface area (Å²) in [4.78, 5) is 13.4. The van der Waals surface area contributed by atoms with Gasteiger partial charge >= 0.3 is 0 Å². The molecule has 1 aromatic heterocycles. The first-order valence-electron chi connectivity index (χ1n) is 9.20. The highest BCUT2D eigenvalue weighted by molar-refractivity contribution is 7.98. The van der Waals surface area contributed by atoms with Gasteiger partial charge in [-0.25, -0.2) is 9.37 Å². The first kappa shape index (κ1) is 19.5. The van der Waals surface area contributed by atoms with Crippen molar-refractivity contribution in [1.82, 2.24) is 15.2 Å². The molecule has 0 atom stereocenters. The van der Waals surface area contributed by atoms with Crippen LogP contribution in [0.15, 0.2) is 53.7 Å². The minimum absolute atomic E-state index is 0.125. The molecule has 7 heteroatoms. The van der Waals surface area contributed by atoms with Crippen LogP contribution in [0.1, 0.15) is 5.56 Å². The maximum absolute atomic E-state index is 13.6. The first-order chi connectivity index (χ1) is 13.3. The number of pyridine rings is 1. The van der Waals surface area contributed by atoms with Crippen molar-refractivity contribution in [2.24, 2.45) is 4.99 Å². The van der Waals surface area contributed by atoms with E-state index in [1.807, 2.05) is 37.5 Å². The molecule has 1 aliphatic rings. The van der Waals surface area contributed by atoms with Gasteiger partial charge in [0, 0.05) is 57.5 Å². The van der Waals surface area contributed by atoms with E-state index >= 15 is 0 Å². The Bertz CT molecular complexity index is 732. The Hall–Kier alpha value is -2.28. The maximum atomic E-state index is 13.6. The van der Waals surface area contributed by atoms with E-state index in [0.29, 0.717) is 5.75 Å². The van der Waals surface area contributed by atoms with Gasteiger partial charge in [-0.3, -0.25) is 4.99 Å². The number of aliphatic imine (C=N–C) groups is 1. The summed E-state index contributed by atoms with van der Waals surface area (Å²) in [5, 5.41) is 3.42. The van der Waals surface area contributed by atoms with Gasteiger partial charge in [-0.05, 0) is 23.8 Å². The van der Waals surface area contributed by atoms with E-state index in [-0.39, 0.29) is 5.82 Å². The van der Waals surface area contributed by atoms with Crippen LogP contribution in [0.3, 0.4) is 0 Å². The zero-order chi connectivity index (χ0) is 18.9. The van der Waals surface area contributed by atoms with Crippen LogP contribution in [0.5, 0.6) is 0 Å².